The van der Waals surface area contributed by atoms with Crippen LogP contribution in [0.2, 0.25) is 0 Å². The molecular weight excluding hydrogens is 339 g/mol. The Morgan fingerprint density at radius 1 is 1.28 bits per heavy atom. The van der Waals surface area contributed by atoms with Gasteiger partial charge >= 0.3 is 6.18 Å². The third-order valence-corrected chi connectivity index (χ3v) is 4.34. The Balaban J connectivity index is 2.23. The first-order valence-electron chi connectivity index (χ1n) is 7.87. The van der Waals surface area contributed by atoms with E-state index in [2.05, 4.69) is 5.32 Å². The molecule has 1 aromatic heterocycles. The van der Waals surface area contributed by atoms with Crippen LogP contribution in [-0.2, 0) is 11.0 Å². The Hall–Kier alpha value is -2.32. The monoisotopic (exact) mass is 359 g/mol. The molecule has 0 spiro atoms. The lowest BCUT2D eigenvalue weighted by molar-refractivity contribution is -0.141. The number of amides is 2. The molecule has 9 heteroatoms. The second kappa shape index (κ2) is 6.89. The van der Waals surface area contributed by atoms with E-state index >= 15 is 0 Å². The largest absolute Gasteiger partial charge is 0.431 e. The maximum Gasteiger partial charge on any atom is 0.431 e. The molecular formula is C16H20F3N3O3. The fourth-order valence-electron chi connectivity index (χ4n) is 3.06. The Morgan fingerprint density at radius 3 is 2.40 bits per heavy atom. The maximum atomic E-state index is 12.6. The molecule has 6 nitrogen and oxygen atoms in total. The number of hydrogen-bond acceptors (Lipinski definition) is 3. The normalized spacial score (nSPS) is 20.8. The van der Waals surface area contributed by atoms with E-state index in [0.717, 1.165) is 6.07 Å². The van der Waals surface area contributed by atoms with Crippen LogP contribution in [0.3, 0.4) is 0 Å². The molecule has 1 aliphatic heterocycles. The van der Waals surface area contributed by atoms with Crippen LogP contribution in [0.25, 0.3) is 0 Å². The number of carbonyl (C=O) groups excluding carboxylic acids is 2. The first kappa shape index (κ1) is 19.0. The molecule has 2 amide bonds. The number of nitrogens with zero attached hydrogens (tertiary/aromatic N) is 1. The van der Waals surface area contributed by atoms with Crippen LogP contribution in [0.4, 0.5) is 13.2 Å². The topological polar surface area (TPSA) is 82.3 Å². The highest BCUT2D eigenvalue weighted by molar-refractivity contribution is 5.94. The van der Waals surface area contributed by atoms with Crippen LogP contribution < -0.4 is 10.9 Å². The number of hydrogen-bond donors (Lipinski definition) is 2. The van der Waals surface area contributed by atoms with Gasteiger partial charge in [-0.2, -0.15) is 13.2 Å². The van der Waals surface area contributed by atoms with Crippen molar-refractivity contribution in [3.05, 3.63) is 33.7 Å². The number of pyridine rings is 1. The summed E-state index contributed by atoms with van der Waals surface area (Å²) in [4.78, 5) is 38.8. The number of carbonyl (C=O) groups is 2. The van der Waals surface area contributed by atoms with Gasteiger partial charge < -0.3 is 15.2 Å². The van der Waals surface area contributed by atoms with Crippen LogP contribution in [0.15, 0.2) is 16.9 Å². The average molecular weight is 359 g/mol. The van der Waals surface area contributed by atoms with Crippen molar-refractivity contribution >= 4 is 11.8 Å². The van der Waals surface area contributed by atoms with Crippen molar-refractivity contribution in [2.45, 2.75) is 33.0 Å². The van der Waals surface area contributed by atoms with Crippen molar-refractivity contribution in [3.63, 3.8) is 0 Å². The van der Waals surface area contributed by atoms with Gasteiger partial charge in [-0.3, -0.25) is 14.4 Å². The van der Waals surface area contributed by atoms with Gasteiger partial charge in [-0.25, -0.2) is 0 Å². The van der Waals surface area contributed by atoms with Crippen LogP contribution >= 0.6 is 0 Å². The van der Waals surface area contributed by atoms with Crippen LogP contribution in [0.5, 0.6) is 0 Å². The molecule has 0 aliphatic carbocycles. The summed E-state index contributed by atoms with van der Waals surface area (Å²) in [7, 11) is 0. The summed E-state index contributed by atoms with van der Waals surface area (Å²) in [5, 5.41) is 2.79. The third kappa shape index (κ3) is 4.21. The van der Waals surface area contributed by atoms with Crippen LogP contribution in [0.1, 0.15) is 36.8 Å². The second-order valence-electron chi connectivity index (χ2n) is 6.54. The predicted molar refractivity (Wildman–Crippen MR) is 83.9 cm³/mol. The summed E-state index contributed by atoms with van der Waals surface area (Å²) in [6, 6.07) is 1.31. The minimum atomic E-state index is -4.69. The SMILES string of the molecule is CC(=O)N[C@@H]1CN(C(=O)c2ccc(C(F)(F)F)[nH]c2=O)C[C@H]1C(C)C. The summed E-state index contributed by atoms with van der Waals surface area (Å²) in [6.45, 7) is 5.82. The molecule has 2 rings (SSSR count). The van der Waals surface area contributed by atoms with E-state index in [1.165, 1.54) is 11.8 Å². The number of H-pyrrole nitrogens is 1. The van der Waals surface area contributed by atoms with Gasteiger partial charge in [-0.05, 0) is 18.1 Å². The Labute approximate surface area is 142 Å². The van der Waals surface area contributed by atoms with Gasteiger partial charge in [0.2, 0.25) is 5.91 Å². The standard InChI is InChI=1S/C16H20F3N3O3/c1-8(2)11-6-22(7-12(11)20-9(3)23)15(25)10-4-5-13(16(17,18)19)21-14(10)24/h4-5,8,11-12H,6-7H2,1-3H3,(H,20,23)(H,21,24)/t11-,12+/m0/s1. The first-order chi connectivity index (χ1) is 11.5. The van der Waals surface area contributed by atoms with E-state index in [1.54, 1.807) is 4.98 Å². The maximum absolute atomic E-state index is 12.6. The molecule has 2 N–H and O–H groups in total. The molecule has 1 aromatic rings. The summed E-state index contributed by atoms with van der Waals surface area (Å²) < 4.78 is 37.8. The van der Waals surface area contributed by atoms with Gasteiger partial charge in [0.05, 0.1) is 6.04 Å². The molecule has 0 radical (unpaired) electrons. The van der Waals surface area contributed by atoms with Gasteiger partial charge in [-0.15, -0.1) is 0 Å². The van der Waals surface area contributed by atoms with E-state index < -0.39 is 23.3 Å². The molecule has 2 heterocycles. The molecule has 138 valence electrons. The highest BCUT2D eigenvalue weighted by Gasteiger charge is 2.38. The van der Waals surface area contributed by atoms with Crippen molar-refractivity contribution in [2.24, 2.45) is 11.8 Å². The number of halogens is 3. The molecule has 0 saturated carbocycles. The third-order valence-electron chi connectivity index (χ3n) is 4.34. The molecule has 1 aliphatic rings. The predicted octanol–water partition coefficient (Wildman–Crippen LogP) is 1.63. The number of aromatic amines is 1. The summed E-state index contributed by atoms with van der Waals surface area (Å²) in [6.07, 6.45) is -4.69. The molecule has 25 heavy (non-hydrogen) atoms. The van der Waals surface area contributed by atoms with E-state index in [0.29, 0.717) is 12.6 Å². The summed E-state index contributed by atoms with van der Waals surface area (Å²) in [5.74, 6) is -0.687. The van der Waals surface area contributed by atoms with Crippen LogP contribution in [0, 0.1) is 11.8 Å². The zero-order chi connectivity index (χ0) is 18.9. The quantitative estimate of drug-likeness (QED) is 0.861. The van der Waals surface area contributed by atoms with E-state index in [-0.39, 0.29) is 35.9 Å². The lowest BCUT2D eigenvalue weighted by Gasteiger charge is -2.21. The second-order valence-corrected chi connectivity index (χ2v) is 6.54. The van der Waals surface area contributed by atoms with Gasteiger partial charge in [0.1, 0.15) is 11.3 Å². The summed E-state index contributed by atoms with van der Waals surface area (Å²) in [5.41, 5.74) is -2.63. The zero-order valence-electron chi connectivity index (χ0n) is 14.1. The van der Waals surface area contributed by atoms with E-state index in [9.17, 15) is 27.6 Å². The van der Waals surface area contributed by atoms with Gasteiger partial charge in [-0.1, -0.05) is 13.8 Å². The highest BCUT2D eigenvalue weighted by Crippen LogP contribution is 2.28. The highest BCUT2D eigenvalue weighted by atomic mass is 19.4. The lowest BCUT2D eigenvalue weighted by Crippen LogP contribution is -2.41. The Morgan fingerprint density at radius 2 is 1.92 bits per heavy atom. The number of likely N-dealkylation sites (tertiary alicyclic amines) is 1. The minimum absolute atomic E-state index is 0.00128. The smallest absolute Gasteiger partial charge is 0.351 e. The van der Waals surface area contributed by atoms with Gasteiger partial charge in [0.25, 0.3) is 11.5 Å². The van der Waals surface area contributed by atoms with Crippen molar-refractivity contribution in [3.8, 4) is 0 Å². The number of alkyl halides is 3. The lowest BCUT2D eigenvalue weighted by atomic mass is 9.91. The molecule has 0 bridgehead atoms. The summed E-state index contributed by atoms with van der Waals surface area (Å²) >= 11 is 0. The molecule has 2 atom stereocenters. The fourth-order valence-corrected chi connectivity index (χ4v) is 3.06. The number of rotatable bonds is 3. The van der Waals surface area contributed by atoms with Crippen LogP contribution in [-0.4, -0.2) is 40.8 Å². The average Bonchev–Trinajstić information content (AvgIpc) is 2.88. The van der Waals surface area contributed by atoms with Gasteiger partial charge in [0, 0.05) is 25.9 Å². The number of nitrogens with one attached hydrogen (secondary N) is 2. The number of aromatic nitrogens is 1. The Bertz CT molecular complexity index is 727. The van der Waals surface area contributed by atoms with E-state index in [4.69, 9.17) is 0 Å². The van der Waals surface area contributed by atoms with Crippen molar-refractivity contribution < 1.29 is 22.8 Å². The van der Waals surface area contributed by atoms with Gasteiger partial charge in [0.15, 0.2) is 0 Å². The van der Waals surface area contributed by atoms with Crippen molar-refractivity contribution in [2.75, 3.05) is 13.1 Å². The molecule has 0 aromatic carbocycles. The Kier molecular flexibility index (Phi) is 5.24. The van der Waals surface area contributed by atoms with E-state index in [1.807, 2.05) is 13.8 Å². The molecule has 1 fully saturated rings. The first-order valence-corrected chi connectivity index (χ1v) is 7.87. The molecule has 0 unspecified atom stereocenters. The molecule has 1 saturated heterocycles. The van der Waals surface area contributed by atoms with Crippen molar-refractivity contribution in [1.29, 1.82) is 0 Å². The minimum Gasteiger partial charge on any atom is -0.351 e. The fraction of sp³-hybridized carbons (Fsp3) is 0.562. The van der Waals surface area contributed by atoms with Crippen molar-refractivity contribution in [1.82, 2.24) is 15.2 Å². The zero-order valence-corrected chi connectivity index (χ0v) is 14.1.